The molecule has 1 atom stereocenters. The Hall–Kier alpha value is -2.37. The number of benzene rings is 1. The number of amides is 2. The molecule has 2 amide bonds. The Morgan fingerprint density at radius 3 is 2.21 bits per heavy atom. The summed E-state index contributed by atoms with van der Waals surface area (Å²) in [5.74, 6) is -0.307. The first-order chi connectivity index (χ1) is 11.2. The van der Waals surface area contributed by atoms with E-state index < -0.39 is 17.7 Å². The standard InChI is InChI=1S/C18H22N2O4/c1-18(2,3)24-17(23)20-11-14(21)8-15(20)16(22)19-9-12-6-4-5-7-13(12)10-19/h4-7,15H,8-11H2,1-3H3/t15-/m1/s1. The fourth-order valence-electron chi connectivity index (χ4n) is 3.12. The van der Waals surface area contributed by atoms with Gasteiger partial charge in [0.25, 0.3) is 0 Å². The topological polar surface area (TPSA) is 66.9 Å². The quantitative estimate of drug-likeness (QED) is 0.791. The second-order valence-corrected chi connectivity index (χ2v) is 7.33. The number of rotatable bonds is 1. The summed E-state index contributed by atoms with van der Waals surface area (Å²) in [5.41, 5.74) is 1.55. The smallest absolute Gasteiger partial charge is 0.411 e. The molecule has 0 aromatic heterocycles. The van der Waals surface area contributed by atoms with E-state index in [0.29, 0.717) is 13.1 Å². The van der Waals surface area contributed by atoms with Crippen molar-refractivity contribution in [2.45, 2.75) is 51.9 Å². The Labute approximate surface area is 141 Å². The molecule has 6 heteroatoms. The van der Waals surface area contributed by atoms with Crippen molar-refractivity contribution in [3.63, 3.8) is 0 Å². The van der Waals surface area contributed by atoms with Gasteiger partial charge >= 0.3 is 6.09 Å². The van der Waals surface area contributed by atoms with Gasteiger partial charge in [-0.25, -0.2) is 4.79 Å². The SMILES string of the molecule is CC(C)(C)OC(=O)N1CC(=O)C[C@@H]1C(=O)N1Cc2ccccc2C1. The summed E-state index contributed by atoms with van der Waals surface area (Å²) in [7, 11) is 0. The van der Waals surface area contributed by atoms with Crippen LogP contribution < -0.4 is 0 Å². The van der Waals surface area contributed by atoms with E-state index in [0.717, 1.165) is 11.1 Å². The van der Waals surface area contributed by atoms with E-state index in [9.17, 15) is 14.4 Å². The molecule has 1 aromatic rings. The average molecular weight is 330 g/mol. The molecule has 1 fully saturated rings. The maximum absolute atomic E-state index is 12.9. The largest absolute Gasteiger partial charge is 0.444 e. The van der Waals surface area contributed by atoms with Crippen LogP contribution in [0, 0.1) is 0 Å². The number of Topliss-reactive ketones (excluding diaryl/α,β-unsaturated/α-hetero) is 1. The summed E-state index contributed by atoms with van der Waals surface area (Å²) in [6, 6.07) is 7.11. The van der Waals surface area contributed by atoms with Crippen LogP contribution in [0.15, 0.2) is 24.3 Å². The van der Waals surface area contributed by atoms with Crippen LogP contribution in [0.25, 0.3) is 0 Å². The van der Waals surface area contributed by atoms with E-state index in [-0.39, 0.29) is 24.7 Å². The molecule has 24 heavy (non-hydrogen) atoms. The van der Waals surface area contributed by atoms with Gasteiger partial charge in [-0.15, -0.1) is 0 Å². The number of nitrogens with zero attached hydrogens (tertiary/aromatic N) is 2. The Kier molecular flexibility index (Phi) is 4.07. The molecular weight excluding hydrogens is 308 g/mol. The Bertz CT molecular complexity index is 668. The number of hydrogen-bond acceptors (Lipinski definition) is 4. The minimum absolute atomic E-state index is 0.0604. The summed E-state index contributed by atoms with van der Waals surface area (Å²) in [6.45, 7) is 6.25. The summed E-state index contributed by atoms with van der Waals surface area (Å²) in [6.07, 6.45) is -0.548. The van der Waals surface area contributed by atoms with E-state index in [2.05, 4.69) is 0 Å². The van der Waals surface area contributed by atoms with Gasteiger partial charge in [-0.3, -0.25) is 14.5 Å². The lowest BCUT2D eigenvalue weighted by Crippen LogP contribution is -2.47. The maximum atomic E-state index is 12.9. The third kappa shape index (κ3) is 3.27. The molecule has 0 saturated carbocycles. The van der Waals surface area contributed by atoms with E-state index in [1.54, 1.807) is 25.7 Å². The number of fused-ring (bicyclic) bond motifs is 1. The van der Waals surface area contributed by atoms with Crippen LogP contribution in [0.5, 0.6) is 0 Å². The van der Waals surface area contributed by atoms with Gasteiger partial charge in [-0.05, 0) is 31.9 Å². The first-order valence-electron chi connectivity index (χ1n) is 8.11. The molecule has 3 rings (SSSR count). The van der Waals surface area contributed by atoms with E-state index in [1.807, 2.05) is 24.3 Å². The monoisotopic (exact) mass is 330 g/mol. The lowest BCUT2D eigenvalue weighted by molar-refractivity contribution is -0.136. The van der Waals surface area contributed by atoms with Crippen LogP contribution in [-0.2, 0) is 27.4 Å². The molecule has 1 saturated heterocycles. The van der Waals surface area contributed by atoms with Crippen molar-refractivity contribution in [3.05, 3.63) is 35.4 Å². The van der Waals surface area contributed by atoms with Gasteiger partial charge in [0.05, 0.1) is 6.54 Å². The molecule has 2 heterocycles. The summed E-state index contributed by atoms with van der Waals surface area (Å²) < 4.78 is 5.34. The second kappa shape index (κ2) is 5.92. The number of carbonyl (C=O) groups excluding carboxylic acids is 3. The van der Waals surface area contributed by atoms with Crippen molar-refractivity contribution in [2.75, 3.05) is 6.54 Å². The average Bonchev–Trinajstić information content (AvgIpc) is 3.08. The first-order valence-corrected chi connectivity index (χ1v) is 8.11. The van der Waals surface area contributed by atoms with Gasteiger partial charge in [0.15, 0.2) is 5.78 Å². The number of ether oxygens (including phenoxy) is 1. The minimum atomic E-state index is -0.762. The van der Waals surface area contributed by atoms with E-state index in [1.165, 1.54) is 4.90 Å². The maximum Gasteiger partial charge on any atom is 0.411 e. The predicted molar refractivity (Wildman–Crippen MR) is 87.0 cm³/mol. The molecule has 0 aliphatic carbocycles. The van der Waals surface area contributed by atoms with Gasteiger partial charge in [-0.1, -0.05) is 24.3 Å². The highest BCUT2D eigenvalue weighted by Gasteiger charge is 2.43. The summed E-state index contributed by atoms with van der Waals surface area (Å²) in [4.78, 5) is 40.0. The van der Waals surface area contributed by atoms with Gasteiger partial charge in [-0.2, -0.15) is 0 Å². The third-order valence-electron chi connectivity index (χ3n) is 4.21. The van der Waals surface area contributed by atoms with Crippen LogP contribution in [0.1, 0.15) is 38.3 Å². The molecule has 0 spiro atoms. The van der Waals surface area contributed by atoms with Crippen molar-refractivity contribution in [1.82, 2.24) is 9.80 Å². The fraction of sp³-hybridized carbons (Fsp3) is 0.500. The van der Waals surface area contributed by atoms with Crippen LogP contribution in [0.4, 0.5) is 4.79 Å². The van der Waals surface area contributed by atoms with Crippen LogP contribution >= 0.6 is 0 Å². The lowest BCUT2D eigenvalue weighted by atomic mass is 10.1. The van der Waals surface area contributed by atoms with Crippen LogP contribution in [0.2, 0.25) is 0 Å². The molecule has 0 bridgehead atoms. The zero-order chi connectivity index (χ0) is 17.5. The van der Waals surface area contributed by atoms with Gasteiger partial charge in [0.1, 0.15) is 11.6 Å². The zero-order valence-electron chi connectivity index (χ0n) is 14.2. The minimum Gasteiger partial charge on any atom is -0.444 e. The molecule has 2 aliphatic rings. The lowest BCUT2D eigenvalue weighted by Gasteiger charge is -2.29. The first kappa shape index (κ1) is 16.5. The summed E-state index contributed by atoms with van der Waals surface area (Å²) >= 11 is 0. The number of carbonyl (C=O) groups is 3. The normalized spacial score (nSPS) is 20.3. The van der Waals surface area contributed by atoms with E-state index in [4.69, 9.17) is 4.74 Å². The third-order valence-corrected chi connectivity index (χ3v) is 4.21. The highest BCUT2D eigenvalue weighted by Crippen LogP contribution is 2.27. The number of hydrogen-bond donors (Lipinski definition) is 0. The summed E-state index contributed by atoms with van der Waals surface area (Å²) in [5, 5.41) is 0. The van der Waals surface area contributed by atoms with Gasteiger partial charge < -0.3 is 9.64 Å². The molecular formula is C18H22N2O4. The predicted octanol–water partition coefficient (Wildman–Crippen LogP) is 2.11. The van der Waals surface area contributed by atoms with Crippen molar-refractivity contribution < 1.29 is 19.1 Å². The van der Waals surface area contributed by atoms with Crippen molar-refractivity contribution in [3.8, 4) is 0 Å². The Morgan fingerprint density at radius 1 is 1.08 bits per heavy atom. The van der Waals surface area contributed by atoms with Crippen LogP contribution in [0.3, 0.4) is 0 Å². The Morgan fingerprint density at radius 2 is 1.67 bits per heavy atom. The molecule has 0 N–H and O–H groups in total. The molecule has 2 aliphatic heterocycles. The molecule has 128 valence electrons. The highest BCUT2D eigenvalue weighted by molar-refractivity contribution is 5.97. The molecule has 0 unspecified atom stereocenters. The number of likely N-dealkylation sites (tertiary alicyclic amines) is 1. The fourth-order valence-corrected chi connectivity index (χ4v) is 3.12. The van der Waals surface area contributed by atoms with Crippen molar-refractivity contribution in [1.29, 1.82) is 0 Å². The van der Waals surface area contributed by atoms with Crippen LogP contribution in [-0.4, -0.2) is 45.8 Å². The number of ketones is 1. The van der Waals surface area contributed by atoms with Crippen molar-refractivity contribution in [2.24, 2.45) is 0 Å². The molecule has 1 aromatic carbocycles. The van der Waals surface area contributed by atoms with Crippen molar-refractivity contribution >= 4 is 17.8 Å². The van der Waals surface area contributed by atoms with Gasteiger partial charge in [0, 0.05) is 19.5 Å². The highest BCUT2D eigenvalue weighted by atomic mass is 16.6. The molecule has 0 radical (unpaired) electrons. The zero-order valence-corrected chi connectivity index (χ0v) is 14.2. The second-order valence-electron chi connectivity index (χ2n) is 7.33. The van der Waals surface area contributed by atoms with Gasteiger partial charge in [0.2, 0.25) is 5.91 Å². The molecule has 6 nitrogen and oxygen atoms in total. The van der Waals surface area contributed by atoms with E-state index >= 15 is 0 Å². The Balaban J connectivity index is 1.74.